The first-order valence-corrected chi connectivity index (χ1v) is 8.75. The largest absolute Gasteiger partial charge is 0.319 e. The van der Waals surface area contributed by atoms with E-state index >= 15 is 0 Å². The highest BCUT2D eigenvalue weighted by atomic mass is 35.5. The summed E-state index contributed by atoms with van der Waals surface area (Å²) >= 11 is 12.5. The molecule has 0 saturated carbocycles. The lowest BCUT2D eigenvalue weighted by Crippen LogP contribution is -2.15. The van der Waals surface area contributed by atoms with Gasteiger partial charge >= 0.3 is 0 Å². The average Bonchev–Trinajstić information content (AvgIpc) is 2.64. The minimum absolute atomic E-state index is 0.176. The van der Waals surface area contributed by atoms with Crippen molar-refractivity contribution >= 4 is 34.8 Å². The molecule has 0 atom stereocenters. The van der Waals surface area contributed by atoms with Crippen molar-refractivity contribution in [3.05, 3.63) is 70.5 Å². The van der Waals surface area contributed by atoms with E-state index in [0.717, 1.165) is 5.56 Å². The molecule has 3 rings (SSSR count). The number of carbonyl (C=O) groups is 1. The highest BCUT2D eigenvalue weighted by Crippen LogP contribution is 2.36. The standard InChI is InChI=1S/C19H16Cl2N4O/c1-11(2)18-23-9-12(10-24-18)19(26)25-16-14(7-8-22-17(16)21)13-5-3-4-6-15(13)20/h3-11H,1-2H3,(H,25,26). The number of rotatable bonds is 4. The van der Waals surface area contributed by atoms with Gasteiger partial charge in [0, 0.05) is 40.7 Å². The molecule has 132 valence electrons. The van der Waals surface area contributed by atoms with E-state index in [1.807, 2.05) is 32.0 Å². The van der Waals surface area contributed by atoms with Crippen molar-refractivity contribution in [3.63, 3.8) is 0 Å². The van der Waals surface area contributed by atoms with E-state index < -0.39 is 0 Å². The minimum Gasteiger partial charge on any atom is -0.319 e. The molecule has 0 saturated heterocycles. The fourth-order valence-electron chi connectivity index (χ4n) is 2.40. The van der Waals surface area contributed by atoms with Crippen molar-refractivity contribution in [2.24, 2.45) is 0 Å². The summed E-state index contributed by atoms with van der Waals surface area (Å²) in [6, 6.07) is 9.07. The molecular formula is C19H16Cl2N4O. The lowest BCUT2D eigenvalue weighted by Gasteiger charge is -2.13. The molecule has 2 heterocycles. The van der Waals surface area contributed by atoms with E-state index in [1.165, 1.54) is 12.4 Å². The molecular weight excluding hydrogens is 371 g/mol. The van der Waals surface area contributed by atoms with Crippen LogP contribution in [0.4, 0.5) is 5.69 Å². The van der Waals surface area contributed by atoms with Crippen molar-refractivity contribution < 1.29 is 4.79 Å². The molecule has 0 radical (unpaired) electrons. The van der Waals surface area contributed by atoms with Gasteiger partial charge in [-0.1, -0.05) is 55.2 Å². The molecule has 0 spiro atoms. The van der Waals surface area contributed by atoms with E-state index in [0.29, 0.717) is 27.7 Å². The number of carbonyl (C=O) groups excluding carboxylic acids is 1. The second-order valence-electron chi connectivity index (χ2n) is 5.94. The Morgan fingerprint density at radius 1 is 1.00 bits per heavy atom. The molecule has 5 nitrogen and oxygen atoms in total. The van der Waals surface area contributed by atoms with Gasteiger partial charge in [0.1, 0.15) is 5.82 Å². The number of anilines is 1. The maximum Gasteiger partial charge on any atom is 0.258 e. The summed E-state index contributed by atoms with van der Waals surface area (Å²) in [5, 5.41) is 3.52. The lowest BCUT2D eigenvalue weighted by molar-refractivity contribution is 0.102. The number of hydrogen-bond donors (Lipinski definition) is 1. The second-order valence-corrected chi connectivity index (χ2v) is 6.71. The van der Waals surface area contributed by atoms with Crippen molar-refractivity contribution in [2.45, 2.75) is 19.8 Å². The summed E-state index contributed by atoms with van der Waals surface area (Å²) < 4.78 is 0. The summed E-state index contributed by atoms with van der Waals surface area (Å²) in [5.41, 5.74) is 2.16. The molecule has 0 aliphatic heterocycles. The molecule has 0 fully saturated rings. The van der Waals surface area contributed by atoms with E-state index in [1.54, 1.807) is 18.3 Å². The maximum absolute atomic E-state index is 12.6. The van der Waals surface area contributed by atoms with E-state index in [4.69, 9.17) is 23.2 Å². The Morgan fingerprint density at radius 3 is 2.35 bits per heavy atom. The maximum atomic E-state index is 12.6. The van der Waals surface area contributed by atoms with Gasteiger partial charge < -0.3 is 5.32 Å². The van der Waals surface area contributed by atoms with Gasteiger partial charge in [0.25, 0.3) is 5.91 Å². The Balaban J connectivity index is 1.95. The Bertz CT molecular complexity index is 943. The van der Waals surface area contributed by atoms with Crippen LogP contribution in [0.2, 0.25) is 10.2 Å². The first-order chi connectivity index (χ1) is 12.5. The SMILES string of the molecule is CC(C)c1ncc(C(=O)Nc2c(-c3ccccc3Cl)ccnc2Cl)cn1. The highest BCUT2D eigenvalue weighted by molar-refractivity contribution is 6.35. The zero-order valence-electron chi connectivity index (χ0n) is 14.2. The fraction of sp³-hybridized carbons (Fsp3) is 0.158. The van der Waals surface area contributed by atoms with Crippen molar-refractivity contribution in [3.8, 4) is 11.1 Å². The number of aromatic nitrogens is 3. The van der Waals surface area contributed by atoms with Gasteiger partial charge in [-0.2, -0.15) is 0 Å². The van der Waals surface area contributed by atoms with E-state index in [2.05, 4.69) is 20.3 Å². The van der Waals surface area contributed by atoms with Crippen LogP contribution in [0.15, 0.2) is 48.9 Å². The monoisotopic (exact) mass is 386 g/mol. The smallest absolute Gasteiger partial charge is 0.258 e. The molecule has 2 aromatic heterocycles. The summed E-state index contributed by atoms with van der Waals surface area (Å²) in [6.45, 7) is 3.97. The fourth-order valence-corrected chi connectivity index (χ4v) is 2.84. The van der Waals surface area contributed by atoms with Crippen molar-refractivity contribution in [2.75, 3.05) is 5.32 Å². The number of hydrogen-bond acceptors (Lipinski definition) is 4. The van der Waals surface area contributed by atoms with Gasteiger partial charge in [0.2, 0.25) is 0 Å². The second kappa shape index (κ2) is 7.81. The number of amides is 1. The predicted molar refractivity (Wildman–Crippen MR) is 104 cm³/mol. The average molecular weight is 387 g/mol. The van der Waals surface area contributed by atoms with Crippen LogP contribution in [0, 0.1) is 0 Å². The first-order valence-electron chi connectivity index (χ1n) is 8.00. The summed E-state index contributed by atoms with van der Waals surface area (Å²) in [6.07, 6.45) is 4.56. The van der Waals surface area contributed by atoms with Crippen LogP contribution in [0.3, 0.4) is 0 Å². The van der Waals surface area contributed by atoms with Crippen LogP contribution in [0.1, 0.15) is 35.9 Å². The van der Waals surface area contributed by atoms with Crippen molar-refractivity contribution in [1.82, 2.24) is 15.0 Å². The number of pyridine rings is 1. The van der Waals surface area contributed by atoms with Gasteiger partial charge in [-0.05, 0) is 12.1 Å². The normalized spacial score (nSPS) is 10.8. The number of nitrogens with one attached hydrogen (secondary N) is 1. The number of nitrogens with zero attached hydrogens (tertiary/aromatic N) is 3. The third-order valence-corrected chi connectivity index (χ3v) is 4.37. The van der Waals surface area contributed by atoms with Gasteiger partial charge in [-0.15, -0.1) is 0 Å². The van der Waals surface area contributed by atoms with Crippen LogP contribution in [-0.4, -0.2) is 20.9 Å². The molecule has 7 heteroatoms. The summed E-state index contributed by atoms with van der Waals surface area (Å²) in [4.78, 5) is 25.1. The topological polar surface area (TPSA) is 67.8 Å². The van der Waals surface area contributed by atoms with Crippen LogP contribution in [0.25, 0.3) is 11.1 Å². The molecule has 0 unspecified atom stereocenters. The molecule has 1 aromatic carbocycles. The Labute approximate surface area is 161 Å². The Morgan fingerprint density at radius 2 is 1.69 bits per heavy atom. The zero-order chi connectivity index (χ0) is 18.7. The molecule has 0 aliphatic carbocycles. The number of halogens is 2. The Hall–Kier alpha value is -2.50. The van der Waals surface area contributed by atoms with Gasteiger partial charge in [0.05, 0.1) is 11.3 Å². The molecule has 26 heavy (non-hydrogen) atoms. The zero-order valence-corrected chi connectivity index (χ0v) is 15.7. The molecule has 1 amide bonds. The summed E-state index contributed by atoms with van der Waals surface area (Å²) in [5.74, 6) is 0.493. The van der Waals surface area contributed by atoms with Crippen molar-refractivity contribution in [1.29, 1.82) is 0 Å². The van der Waals surface area contributed by atoms with E-state index in [9.17, 15) is 4.79 Å². The lowest BCUT2D eigenvalue weighted by atomic mass is 10.1. The minimum atomic E-state index is -0.372. The summed E-state index contributed by atoms with van der Waals surface area (Å²) in [7, 11) is 0. The predicted octanol–water partition coefficient (Wildman–Crippen LogP) is 5.22. The van der Waals surface area contributed by atoms with Crippen LogP contribution in [-0.2, 0) is 0 Å². The van der Waals surface area contributed by atoms with Crippen LogP contribution < -0.4 is 5.32 Å². The third kappa shape index (κ3) is 3.84. The highest BCUT2D eigenvalue weighted by Gasteiger charge is 2.17. The van der Waals surface area contributed by atoms with Gasteiger partial charge in [0.15, 0.2) is 5.15 Å². The van der Waals surface area contributed by atoms with Crippen LogP contribution in [0.5, 0.6) is 0 Å². The Kier molecular flexibility index (Phi) is 5.49. The number of benzene rings is 1. The van der Waals surface area contributed by atoms with Gasteiger partial charge in [-0.3, -0.25) is 4.79 Å². The molecule has 3 aromatic rings. The molecule has 0 bridgehead atoms. The molecule has 1 N–H and O–H groups in total. The quantitative estimate of drug-likeness (QED) is 0.623. The first kappa shape index (κ1) is 18.3. The van der Waals surface area contributed by atoms with Gasteiger partial charge in [-0.25, -0.2) is 15.0 Å². The van der Waals surface area contributed by atoms with Crippen LogP contribution >= 0.6 is 23.2 Å². The van der Waals surface area contributed by atoms with E-state index in [-0.39, 0.29) is 17.0 Å². The third-order valence-electron chi connectivity index (χ3n) is 3.76. The molecule has 0 aliphatic rings.